The minimum absolute atomic E-state index is 0.532. The van der Waals surface area contributed by atoms with Crippen molar-refractivity contribution in [3.63, 3.8) is 0 Å². The first-order valence-corrected chi connectivity index (χ1v) is 17.3. The summed E-state index contributed by atoms with van der Waals surface area (Å²) in [5, 5.41) is 7.81. The fourth-order valence-corrected chi connectivity index (χ4v) is 8.99. The average molecular weight is 635 g/mol. The Labute approximate surface area is 289 Å². The Hall–Kier alpha value is -6.51. The lowest BCUT2D eigenvalue weighted by Gasteiger charge is -2.35. The largest absolute Gasteiger partial charge is 0.292 e. The zero-order valence-electron chi connectivity index (χ0n) is 27.2. The summed E-state index contributed by atoms with van der Waals surface area (Å²) in [4.78, 5) is 5.19. The Bertz CT molecular complexity index is 2870. The van der Waals surface area contributed by atoms with Gasteiger partial charge in [0, 0.05) is 11.3 Å². The number of hydrogen-bond donors (Lipinski definition) is 0. The van der Waals surface area contributed by atoms with Crippen LogP contribution in [-0.2, 0) is 5.41 Å². The van der Waals surface area contributed by atoms with Gasteiger partial charge in [0.1, 0.15) is 5.82 Å². The Morgan fingerprint density at radius 2 is 1.06 bits per heavy atom. The smallest absolute Gasteiger partial charge is 0.145 e. The lowest BCUT2D eigenvalue weighted by Crippen LogP contribution is -2.29. The quantitative estimate of drug-likeness (QED) is 0.176. The van der Waals surface area contributed by atoms with E-state index in [2.05, 4.69) is 187 Å². The zero-order chi connectivity index (χ0) is 32.8. The summed E-state index contributed by atoms with van der Waals surface area (Å²) in [6.07, 6.45) is 0. The van der Waals surface area contributed by atoms with E-state index in [1.54, 1.807) is 0 Å². The van der Waals surface area contributed by atoms with Crippen molar-refractivity contribution >= 4 is 43.4 Å². The van der Waals surface area contributed by atoms with Gasteiger partial charge in [0.05, 0.1) is 16.4 Å². The number of fused-ring (bicyclic) bond motifs is 4. The van der Waals surface area contributed by atoms with Gasteiger partial charge in [0.2, 0.25) is 0 Å². The predicted octanol–water partition coefficient (Wildman–Crippen LogP) is 12.0. The van der Waals surface area contributed by atoms with E-state index in [0.29, 0.717) is 0 Å². The van der Waals surface area contributed by atoms with E-state index < -0.39 is 5.41 Å². The second-order valence-corrected chi connectivity index (χ2v) is 13.5. The zero-order valence-corrected chi connectivity index (χ0v) is 27.2. The molecule has 50 heavy (non-hydrogen) atoms. The van der Waals surface area contributed by atoms with Crippen molar-refractivity contribution in [2.24, 2.45) is 0 Å². The number of benzene rings is 9. The van der Waals surface area contributed by atoms with E-state index in [-0.39, 0.29) is 0 Å². The Kier molecular flexibility index (Phi) is 5.62. The Morgan fingerprint density at radius 3 is 1.82 bits per heavy atom. The van der Waals surface area contributed by atoms with Crippen molar-refractivity contribution in [1.82, 2.24) is 9.55 Å². The summed E-state index contributed by atoms with van der Waals surface area (Å²) in [7, 11) is 0. The third-order valence-corrected chi connectivity index (χ3v) is 11.0. The van der Waals surface area contributed by atoms with Crippen molar-refractivity contribution in [3.05, 3.63) is 204 Å². The third-order valence-electron chi connectivity index (χ3n) is 11.0. The van der Waals surface area contributed by atoms with E-state index in [1.807, 2.05) is 0 Å². The maximum atomic E-state index is 5.19. The fraction of sp³-hybridized carbons (Fsp3) is 0.0208. The Balaban J connectivity index is 1.23. The van der Waals surface area contributed by atoms with Crippen LogP contribution in [0, 0.1) is 0 Å². The standard InChI is InChI=1S/C48H30N2/c1-2-15-36(16-3-1)50-44-23-9-8-22-43(44)49-47(50)33-26-28-35(29-27-33)48(40-20-6-4-17-37(40)38-18-5-7-21-41(38)48)42-30-34-14-10-12-31-24-25-32-13-11-19-39(42)46(32)45(31)34/h1-30H. The molecule has 1 aliphatic carbocycles. The van der Waals surface area contributed by atoms with Crippen LogP contribution in [0.5, 0.6) is 0 Å². The SMILES string of the molecule is c1ccc(-n2c(-c3ccc(C4(c5cc6cccc7ccc8cccc5c8c76)c5ccccc5-c5ccccc54)cc3)nc3ccccc32)cc1. The molecule has 0 amide bonds. The molecule has 0 saturated heterocycles. The average Bonchev–Trinajstić information content (AvgIpc) is 3.72. The van der Waals surface area contributed by atoms with Crippen LogP contribution >= 0.6 is 0 Å². The van der Waals surface area contributed by atoms with E-state index >= 15 is 0 Å². The molecule has 2 heteroatoms. The molecule has 1 aromatic heterocycles. The van der Waals surface area contributed by atoms with Crippen LogP contribution < -0.4 is 0 Å². The topological polar surface area (TPSA) is 17.8 Å². The molecule has 0 atom stereocenters. The summed E-state index contributed by atoms with van der Waals surface area (Å²) in [5.74, 6) is 0.937. The second-order valence-electron chi connectivity index (χ2n) is 13.5. The highest BCUT2D eigenvalue weighted by atomic mass is 15.1. The predicted molar refractivity (Wildman–Crippen MR) is 208 cm³/mol. The number of rotatable bonds is 4. The molecule has 0 bridgehead atoms. The number of imidazole rings is 1. The van der Waals surface area contributed by atoms with Gasteiger partial charge in [-0.05, 0) is 96.0 Å². The molecule has 10 aromatic rings. The van der Waals surface area contributed by atoms with Gasteiger partial charge in [-0.15, -0.1) is 0 Å². The van der Waals surface area contributed by atoms with Crippen molar-refractivity contribution in [3.8, 4) is 28.2 Å². The van der Waals surface area contributed by atoms with Gasteiger partial charge in [0.15, 0.2) is 0 Å². The van der Waals surface area contributed by atoms with Crippen LogP contribution in [0.1, 0.15) is 22.3 Å². The first-order chi connectivity index (χ1) is 24.8. The van der Waals surface area contributed by atoms with Gasteiger partial charge in [0.25, 0.3) is 0 Å². The number of nitrogens with zero attached hydrogens (tertiary/aromatic N) is 2. The fourth-order valence-electron chi connectivity index (χ4n) is 8.99. The lowest BCUT2D eigenvalue weighted by atomic mass is 9.66. The van der Waals surface area contributed by atoms with Crippen LogP contribution in [0.4, 0.5) is 0 Å². The number of para-hydroxylation sites is 3. The van der Waals surface area contributed by atoms with Crippen molar-refractivity contribution < 1.29 is 0 Å². The van der Waals surface area contributed by atoms with Crippen LogP contribution in [0.2, 0.25) is 0 Å². The highest BCUT2D eigenvalue weighted by Gasteiger charge is 2.47. The molecule has 11 rings (SSSR count). The molecule has 1 aliphatic rings. The molecule has 0 spiro atoms. The summed E-state index contributed by atoms with van der Waals surface area (Å²) < 4.78 is 2.28. The summed E-state index contributed by atoms with van der Waals surface area (Å²) >= 11 is 0. The Morgan fingerprint density at radius 1 is 0.440 bits per heavy atom. The van der Waals surface area contributed by atoms with Crippen LogP contribution in [0.25, 0.3) is 71.6 Å². The molecule has 0 aliphatic heterocycles. The molecule has 0 fully saturated rings. The third kappa shape index (κ3) is 3.60. The van der Waals surface area contributed by atoms with Crippen molar-refractivity contribution in [1.29, 1.82) is 0 Å². The molecule has 1 heterocycles. The number of aromatic nitrogens is 2. The van der Waals surface area contributed by atoms with Gasteiger partial charge in [-0.25, -0.2) is 4.98 Å². The van der Waals surface area contributed by atoms with Gasteiger partial charge in [-0.1, -0.05) is 152 Å². The van der Waals surface area contributed by atoms with E-state index in [4.69, 9.17) is 4.98 Å². The first-order valence-electron chi connectivity index (χ1n) is 17.3. The van der Waals surface area contributed by atoms with Crippen molar-refractivity contribution in [2.75, 3.05) is 0 Å². The maximum Gasteiger partial charge on any atom is 0.145 e. The molecule has 9 aromatic carbocycles. The number of hydrogen-bond acceptors (Lipinski definition) is 1. The summed E-state index contributed by atoms with van der Waals surface area (Å²) in [5.41, 5.74) is 11.5. The van der Waals surface area contributed by atoms with Gasteiger partial charge >= 0.3 is 0 Å². The molecule has 0 saturated carbocycles. The maximum absolute atomic E-state index is 5.19. The minimum atomic E-state index is -0.532. The lowest BCUT2D eigenvalue weighted by molar-refractivity contribution is 0.777. The second kappa shape index (κ2) is 10.2. The summed E-state index contributed by atoms with van der Waals surface area (Å²) in [6.45, 7) is 0. The summed E-state index contributed by atoms with van der Waals surface area (Å²) in [6, 6.07) is 66.8. The molecule has 0 unspecified atom stereocenters. The highest BCUT2D eigenvalue weighted by Crippen LogP contribution is 2.58. The normalized spacial score (nSPS) is 13.4. The van der Waals surface area contributed by atoms with Crippen molar-refractivity contribution in [2.45, 2.75) is 5.41 Å². The first kappa shape index (κ1) is 27.4. The molecule has 232 valence electrons. The van der Waals surface area contributed by atoms with Crippen LogP contribution in [-0.4, -0.2) is 9.55 Å². The van der Waals surface area contributed by atoms with Gasteiger partial charge in [-0.2, -0.15) is 0 Å². The van der Waals surface area contributed by atoms with E-state index in [9.17, 15) is 0 Å². The molecule has 2 nitrogen and oxygen atoms in total. The molecule has 0 radical (unpaired) electrons. The highest BCUT2D eigenvalue weighted by molar-refractivity contribution is 6.24. The molecule has 0 N–H and O–H groups in total. The molecular formula is C48H30N2. The van der Waals surface area contributed by atoms with E-state index in [1.165, 1.54) is 65.7 Å². The van der Waals surface area contributed by atoms with Crippen LogP contribution in [0.15, 0.2) is 182 Å². The molecular weight excluding hydrogens is 605 g/mol. The minimum Gasteiger partial charge on any atom is -0.292 e. The monoisotopic (exact) mass is 634 g/mol. The van der Waals surface area contributed by atoms with E-state index in [0.717, 1.165) is 28.1 Å². The van der Waals surface area contributed by atoms with Gasteiger partial charge in [-0.3, -0.25) is 4.57 Å². The van der Waals surface area contributed by atoms with Gasteiger partial charge < -0.3 is 0 Å². The van der Waals surface area contributed by atoms with Crippen LogP contribution in [0.3, 0.4) is 0 Å².